The van der Waals surface area contributed by atoms with Gasteiger partial charge in [-0.3, -0.25) is 0 Å². The standard InChI is InChI=1S/C16H14ClNO2S3/c17-13-4-1-7-16(10-13)23(19,20)18(11-14-5-2-8-21-14)12-15-6-3-9-22-15/h1-10H,11-12H2. The molecule has 0 aliphatic rings. The number of hydrogen-bond donors (Lipinski definition) is 0. The van der Waals surface area contributed by atoms with Crippen LogP contribution in [-0.2, 0) is 23.1 Å². The maximum atomic E-state index is 13.0. The highest BCUT2D eigenvalue weighted by Gasteiger charge is 2.25. The predicted octanol–water partition coefficient (Wildman–Crippen LogP) is 4.85. The molecule has 7 heteroatoms. The number of sulfonamides is 1. The molecule has 0 radical (unpaired) electrons. The Hall–Kier alpha value is -1.18. The highest BCUT2D eigenvalue weighted by Crippen LogP contribution is 2.25. The Balaban J connectivity index is 1.95. The molecule has 0 aliphatic heterocycles. The van der Waals surface area contributed by atoms with E-state index >= 15 is 0 Å². The Labute approximate surface area is 148 Å². The van der Waals surface area contributed by atoms with Gasteiger partial charge < -0.3 is 0 Å². The molecule has 0 bridgehead atoms. The number of nitrogens with zero attached hydrogens (tertiary/aromatic N) is 1. The summed E-state index contributed by atoms with van der Waals surface area (Å²) in [6, 6.07) is 14.1. The molecule has 0 spiro atoms. The fourth-order valence-electron chi connectivity index (χ4n) is 2.16. The lowest BCUT2D eigenvalue weighted by Gasteiger charge is -2.21. The zero-order chi connectivity index (χ0) is 16.3. The predicted molar refractivity (Wildman–Crippen MR) is 96.5 cm³/mol. The summed E-state index contributed by atoms with van der Waals surface area (Å²) in [6.07, 6.45) is 0. The van der Waals surface area contributed by atoms with Crippen molar-refractivity contribution < 1.29 is 8.42 Å². The molecule has 0 unspecified atom stereocenters. The van der Waals surface area contributed by atoms with Crippen molar-refractivity contribution in [2.24, 2.45) is 0 Å². The lowest BCUT2D eigenvalue weighted by atomic mass is 10.4. The Morgan fingerprint density at radius 2 is 1.52 bits per heavy atom. The summed E-state index contributed by atoms with van der Waals surface area (Å²) in [7, 11) is -3.61. The maximum Gasteiger partial charge on any atom is 0.243 e. The van der Waals surface area contributed by atoms with E-state index in [-0.39, 0.29) is 4.90 Å². The number of rotatable bonds is 6. The molecule has 0 fully saturated rings. The molecule has 0 atom stereocenters. The molecule has 3 aromatic rings. The highest BCUT2D eigenvalue weighted by atomic mass is 35.5. The van der Waals surface area contributed by atoms with Crippen LogP contribution in [0.3, 0.4) is 0 Å². The van der Waals surface area contributed by atoms with Crippen LogP contribution in [0.15, 0.2) is 64.2 Å². The van der Waals surface area contributed by atoms with Gasteiger partial charge in [0.05, 0.1) is 4.90 Å². The van der Waals surface area contributed by atoms with Gasteiger partial charge in [-0.05, 0) is 41.1 Å². The van der Waals surface area contributed by atoms with Crippen LogP contribution in [0.4, 0.5) is 0 Å². The van der Waals surface area contributed by atoms with Crippen LogP contribution in [0.2, 0.25) is 5.02 Å². The van der Waals surface area contributed by atoms with Crippen molar-refractivity contribution in [3.8, 4) is 0 Å². The van der Waals surface area contributed by atoms with Gasteiger partial charge in [-0.1, -0.05) is 29.8 Å². The molecule has 2 heterocycles. The molecule has 0 saturated carbocycles. The fourth-order valence-corrected chi connectivity index (χ4v) is 5.46. The minimum Gasteiger partial charge on any atom is -0.207 e. The molecular weight excluding hydrogens is 370 g/mol. The summed E-state index contributed by atoms with van der Waals surface area (Å²) in [6.45, 7) is 0.703. The monoisotopic (exact) mass is 383 g/mol. The van der Waals surface area contributed by atoms with Crippen molar-refractivity contribution in [2.75, 3.05) is 0 Å². The van der Waals surface area contributed by atoms with Gasteiger partial charge in [-0.2, -0.15) is 4.31 Å². The van der Waals surface area contributed by atoms with Crippen LogP contribution in [0, 0.1) is 0 Å². The molecular formula is C16H14ClNO2S3. The van der Waals surface area contributed by atoms with Crippen molar-refractivity contribution in [2.45, 2.75) is 18.0 Å². The third kappa shape index (κ3) is 4.02. The number of thiophene rings is 2. The average molecular weight is 384 g/mol. The van der Waals surface area contributed by atoms with E-state index in [0.717, 1.165) is 9.75 Å². The van der Waals surface area contributed by atoms with Gasteiger partial charge in [0.1, 0.15) is 0 Å². The third-order valence-electron chi connectivity index (χ3n) is 3.26. The smallest absolute Gasteiger partial charge is 0.207 e. The maximum absolute atomic E-state index is 13.0. The van der Waals surface area contributed by atoms with Gasteiger partial charge in [-0.25, -0.2) is 8.42 Å². The Kier molecular flexibility index (Phi) is 5.18. The second-order valence-electron chi connectivity index (χ2n) is 4.89. The van der Waals surface area contributed by atoms with Crippen LogP contribution < -0.4 is 0 Å². The zero-order valence-corrected chi connectivity index (χ0v) is 15.3. The van der Waals surface area contributed by atoms with Gasteiger partial charge >= 0.3 is 0 Å². The van der Waals surface area contributed by atoms with Crippen LogP contribution in [0.5, 0.6) is 0 Å². The van der Waals surface area contributed by atoms with E-state index in [1.807, 2.05) is 35.0 Å². The SMILES string of the molecule is O=S(=O)(c1cccc(Cl)c1)N(Cc1cccs1)Cc1cccs1. The van der Waals surface area contributed by atoms with E-state index in [9.17, 15) is 8.42 Å². The number of halogens is 1. The molecule has 3 nitrogen and oxygen atoms in total. The van der Waals surface area contributed by atoms with Crippen LogP contribution in [-0.4, -0.2) is 12.7 Å². The molecule has 120 valence electrons. The van der Waals surface area contributed by atoms with Crippen LogP contribution in [0.1, 0.15) is 9.75 Å². The average Bonchev–Trinajstić information content (AvgIpc) is 3.20. The van der Waals surface area contributed by atoms with Crippen molar-refractivity contribution >= 4 is 44.3 Å². The normalized spacial score (nSPS) is 11.9. The van der Waals surface area contributed by atoms with Gasteiger partial charge in [0, 0.05) is 27.9 Å². The Morgan fingerprint density at radius 1 is 0.913 bits per heavy atom. The molecule has 0 saturated heterocycles. The van der Waals surface area contributed by atoms with Crippen molar-refractivity contribution in [3.05, 3.63) is 74.1 Å². The first-order valence-corrected chi connectivity index (χ1v) is 10.4. The minimum absolute atomic E-state index is 0.220. The lowest BCUT2D eigenvalue weighted by Crippen LogP contribution is -2.29. The summed E-state index contributed by atoms with van der Waals surface area (Å²) >= 11 is 9.06. The number of hydrogen-bond acceptors (Lipinski definition) is 4. The summed E-state index contributed by atoms with van der Waals surface area (Å²) < 4.78 is 27.5. The summed E-state index contributed by atoms with van der Waals surface area (Å²) in [4.78, 5) is 2.23. The Bertz CT molecular complexity index is 822. The van der Waals surface area contributed by atoms with Gasteiger partial charge in [-0.15, -0.1) is 22.7 Å². The summed E-state index contributed by atoms with van der Waals surface area (Å²) in [5.41, 5.74) is 0. The zero-order valence-electron chi connectivity index (χ0n) is 12.1. The highest BCUT2D eigenvalue weighted by molar-refractivity contribution is 7.89. The molecule has 0 amide bonds. The van der Waals surface area contributed by atoms with Crippen LogP contribution in [0.25, 0.3) is 0 Å². The first-order valence-electron chi connectivity index (χ1n) is 6.86. The fraction of sp³-hybridized carbons (Fsp3) is 0.125. The van der Waals surface area contributed by atoms with E-state index in [1.165, 1.54) is 10.4 Å². The minimum atomic E-state index is -3.61. The molecule has 0 N–H and O–H groups in total. The van der Waals surface area contributed by atoms with E-state index in [1.54, 1.807) is 40.9 Å². The molecule has 3 rings (SSSR count). The van der Waals surface area contributed by atoms with Gasteiger partial charge in [0.15, 0.2) is 0 Å². The van der Waals surface area contributed by atoms with Gasteiger partial charge in [0.25, 0.3) is 0 Å². The lowest BCUT2D eigenvalue weighted by molar-refractivity contribution is 0.407. The summed E-state index contributed by atoms with van der Waals surface area (Å²) in [5.74, 6) is 0. The van der Waals surface area contributed by atoms with E-state index in [0.29, 0.717) is 18.1 Å². The second-order valence-corrected chi connectivity index (χ2v) is 9.33. The first-order chi connectivity index (χ1) is 11.1. The van der Waals surface area contributed by atoms with Crippen molar-refractivity contribution in [3.63, 3.8) is 0 Å². The molecule has 23 heavy (non-hydrogen) atoms. The molecule has 0 aliphatic carbocycles. The topological polar surface area (TPSA) is 37.4 Å². The van der Waals surface area contributed by atoms with Crippen molar-refractivity contribution in [1.82, 2.24) is 4.31 Å². The van der Waals surface area contributed by atoms with Gasteiger partial charge in [0.2, 0.25) is 10.0 Å². The van der Waals surface area contributed by atoms with Crippen molar-refractivity contribution in [1.29, 1.82) is 0 Å². The quantitative estimate of drug-likeness (QED) is 0.609. The molecule has 1 aromatic carbocycles. The first kappa shape index (κ1) is 16.7. The Morgan fingerprint density at radius 3 is 2.00 bits per heavy atom. The second kappa shape index (κ2) is 7.15. The largest absolute Gasteiger partial charge is 0.243 e. The van der Waals surface area contributed by atoms with E-state index < -0.39 is 10.0 Å². The van der Waals surface area contributed by atoms with E-state index in [2.05, 4.69) is 0 Å². The third-order valence-corrected chi connectivity index (χ3v) is 7.00. The van der Waals surface area contributed by atoms with Crippen LogP contribution >= 0.6 is 34.3 Å². The van der Waals surface area contributed by atoms with E-state index in [4.69, 9.17) is 11.6 Å². The summed E-state index contributed by atoms with van der Waals surface area (Å²) in [5, 5.41) is 4.31. The molecule has 2 aromatic heterocycles. The number of benzene rings is 1.